The van der Waals surface area contributed by atoms with Crippen LogP contribution < -0.4 is 10.2 Å². The summed E-state index contributed by atoms with van der Waals surface area (Å²) >= 11 is 6.37. The maximum Gasteiger partial charge on any atom is 0.194 e. The van der Waals surface area contributed by atoms with Crippen LogP contribution in [0, 0.1) is 0 Å². The van der Waals surface area contributed by atoms with E-state index in [0.29, 0.717) is 0 Å². The molecule has 2 saturated heterocycles. The van der Waals surface area contributed by atoms with E-state index in [0.717, 1.165) is 68.9 Å². The first-order valence-electron chi connectivity index (χ1n) is 11.1. The molecule has 1 N–H and O–H groups in total. The summed E-state index contributed by atoms with van der Waals surface area (Å²) < 4.78 is 0. The fourth-order valence-corrected chi connectivity index (χ4v) is 4.35. The molecule has 162 valence electrons. The first kappa shape index (κ1) is 22.2. The number of aliphatic imine (C=N–C) groups is 1. The Hall–Kier alpha value is -1.50. The number of nitrogens with zero attached hydrogens (tertiary/aromatic N) is 5. The molecule has 2 fully saturated rings. The van der Waals surface area contributed by atoms with E-state index >= 15 is 0 Å². The Morgan fingerprint density at radius 1 is 1.03 bits per heavy atom. The summed E-state index contributed by atoms with van der Waals surface area (Å²) in [5.41, 5.74) is 1.14. The first-order chi connectivity index (χ1) is 14.2. The van der Waals surface area contributed by atoms with Crippen LogP contribution in [0.25, 0.3) is 0 Å². The molecule has 0 bridgehead atoms. The molecule has 0 atom stereocenters. The molecule has 0 saturated carbocycles. The fraction of sp³-hybridized carbons (Fsp3) is 0.682. The highest BCUT2D eigenvalue weighted by Crippen LogP contribution is 2.26. The molecule has 0 aliphatic carbocycles. The van der Waals surface area contributed by atoms with Crippen molar-refractivity contribution in [3.63, 3.8) is 0 Å². The average molecular weight is 421 g/mol. The summed E-state index contributed by atoms with van der Waals surface area (Å²) in [5, 5.41) is 4.32. The van der Waals surface area contributed by atoms with Crippen LogP contribution in [0.1, 0.15) is 19.8 Å². The lowest BCUT2D eigenvalue weighted by Crippen LogP contribution is -2.52. The quantitative estimate of drug-likeness (QED) is 0.434. The number of hydrogen-bond donors (Lipinski definition) is 1. The summed E-state index contributed by atoms with van der Waals surface area (Å²) in [7, 11) is 2.22. The van der Waals surface area contributed by atoms with Crippen molar-refractivity contribution < 1.29 is 0 Å². The molecular formula is C22H37ClN6. The smallest absolute Gasteiger partial charge is 0.194 e. The molecule has 3 rings (SSSR count). The molecule has 0 amide bonds. The number of nitrogens with one attached hydrogen (secondary N) is 1. The standard InChI is InChI=1S/C22H37ClN6/c1-3-24-22(25-10-6-12-27-13-7-11-26(2)14-15-27)29-18-16-28(17-19-29)21-9-5-4-8-20(21)23/h4-5,8-9H,3,6-7,10-19H2,1-2H3,(H,24,25). The van der Waals surface area contributed by atoms with Crippen LogP contribution in [0.4, 0.5) is 5.69 Å². The average Bonchev–Trinajstić information content (AvgIpc) is 2.95. The zero-order valence-corrected chi connectivity index (χ0v) is 18.9. The van der Waals surface area contributed by atoms with E-state index in [1.165, 1.54) is 32.6 Å². The van der Waals surface area contributed by atoms with Gasteiger partial charge in [0.05, 0.1) is 10.7 Å². The van der Waals surface area contributed by atoms with E-state index in [1.54, 1.807) is 0 Å². The van der Waals surface area contributed by atoms with E-state index in [4.69, 9.17) is 16.6 Å². The molecule has 29 heavy (non-hydrogen) atoms. The van der Waals surface area contributed by atoms with Gasteiger partial charge in [0.25, 0.3) is 0 Å². The monoisotopic (exact) mass is 420 g/mol. The third kappa shape index (κ3) is 6.76. The van der Waals surface area contributed by atoms with Crippen molar-refractivity contribution in [3.05, 3.63) is 29.3 Å². The molecule has 7 heteroatoms. The van der Waals surface area contributed by atoms with Crippen LogP contribution in [-0.4, -0.2) is 99.7 Å². The van der Waals surface area contributed by atoms with Crippen LogP contribution >= 0.6 is 11.6 Å². The molecule has 1 aromatic rings. The SMILES string of the molecule is CCNC(=NCCCN1CCCN(C)CC1)N1CCN(c2ccccc2Cl)CC1. The predicted molar refractivity (Wildman–Crippen MR) is 124 cm³/mol. The number of likely N-dealkylation sites (N-methyl/N-ethyl adjacent to an activating group) is 1. The van der Waals surface area contributed by atoms with Crippen LogP contribution in [0.2, 0.25) is 5.02 Å². The number of para-hydroxylation sites is 1. The van der Waals surface area contributed by atoms with Gasteiger partial charge in [0.2, 0.25) is 0 Å². The summed E-state index contributed by atoms with van der Waals surface area (Å²) in [6.07, 6.45) is 2.40. The fourth-order valence-electron chi connectivity index (χ4n) is 4.10. The van der Waals surface area contributed by atoms with Gasteiger partial charge in [0, 0.05) is 52.4 Å². The maximum absolute atomic E-state index is 6.37. The minimum absolute atomic E-state index is 0.834. The van der Waals surface area contributed by atoms with Gasteiger partial charge in [0.15, 0.2) is 5.96 Å². The van der Waals surface area contributed by atoms with Crippen LogP contribution in [0.3, 0.4) is 0 Å². The molecule has 0 unspecified atom stereocenters. The number of rotatable bonds is 6. The highest BCUT2D eigenvalue weighted by molar-refractivity contribution is 6.33. The molecule has 0 spiro atoms. The normalized spacial score (nSPS) is 20.0. The van der Waals surface area contributed by atoms with Crippen molar-refractivity contribution >= 4 is 23.2 Å². The molecule has 1 aromatic carbocycles. The van der Waals surface area contributed by atoms with E-state index in [2.05, 4.69) is 51.0 Å². The Kier molecular flexibility index (Phi) is 8.90. The molecule has 0 aromatic heterocycles. The maximum atomic E-state index is 6.37. The van der Waals surface area contributed by atoms with Crippen LogP contribution in [0.15, 0.2) is 29.3 Å². The Balaban J connectivity index is 1.46. The van der Waals surface area contributed by atoms with E-state index in [-0.39, 0.29) is 0 Å². The van der Waals surface area contributed by atoms with Crippen molar-refractivity contribution in [1.29, 1.82) is 0 Å². The third-order valence-electron chi connectivity index (χ3n) is 5.81. The summed E-state index contributed by atoms with van der Waals surface area (Å²) in [6, 6.07) is 8.12. The van der Waals surface area contributed by atoms with Gasteiger partial charge in [0.1, 0.15) is 0 Å². The van der Waals surface area contributed by atoms with Gasteiger partial charge < -0.3 is 24.9 Å². The summed E-state index contributed by atoms with van der Waals surface area (Å²) in [5.74, 6) is 1.06. The Bertz CT molecular complexity index is 644. The number of benzene rings is 1. The van der Waals surface area contributed by atoms with Gasteiger partial charge in [-0.05, 0) is 58.6 Å². The summed E-state index contributed by atoms with van der Waals surface area (Å²) in [4.78, 5) is 14.7. The van der Waals surface area contributed by atoms with Crippen molar-refractivity contribution in [2.75, 3.05) is 83.9 Å². The van der Waals surface area contributed by atoms with Crippen molar-refractivity contribution in [1.82, 2.24) is 20.0 Å². The number of hydrogen-bond acceptors (Lipinski definition) is 4. The molecule has 6 nitrogen and oxygen atoms in total. The van der Waals surface area contributed by atoms with Gasteiger partial charge in [-0.3, -0.25) is 4.99 Å². The highest BCUT2D eigenvalue weighted by Gasteiger charge is 2.21. The molecule has 0 radical (unpaired) electrons. The molecule has 2 heterocycles. The second-order valence-electron chi connectivity index (χ2n) is 8.01. The topological polar surface area (TPSA) is 37.4 Å². The van der Waals surface area contributed by atoms with Gasteiger partial charge in [-0.2, -0.15) is 0 Å². The Labute approximate surface area is 181 Å². The Morgan fingerprint density at radius 3 is 2.59 bits per heavy atom. The third-order valence-corrected chi connectivity index (χ3v) is 6.13. The molecule has 2 aliphatic rings. The van der Waals surface area contributed by atoms with Crippen LogP contribution in [0.5, 0.6) is 0 Å². The predicted octanol–water partition coefficient (Wildman–Crippen LogP) is 2.46. The van der Waals surface area contributed by atoms with Crippen molar-refractivity contribution in [2.45, 2.75) is 19.8 Å². The Morgan fingerprint density at radius 2 is 1.83 bits per heavy atom. The molecule has 2 aliphatic heterocycles. The zero-order chi connectivity index (χ0) is 20.5. The van der Waals surface area contributed by atoms with E-state index in [1.807, 2.05) is 12.1 Å². The van der Waals surface area contributed by atoms with Crippen LogP contribution in [-0.2, 0) is 0 Å². The number of guanidine groups is 1. The lowest BCUT2D eigenvalue weighted by atomic mass is 10.2. The zero-order valence-electron chi connectivity index (χ0n) is 18.1. The van der Waals surface area contributed by atoms with Gasteiger partial charge in [-0.1, -0.05) is 23.7 Å². The molecular weight excluding hydrogens is 384 g/mol. The minimum Gasteiger partial charge on any atom is -0.367 e. The van der Waals surface area contributed by atoms with Gasteiger partial charge >= 0.3 is 0 Å². The first-order valence-corrected chi connectivity index (χ1v) is 11.5. The minimum atomic E-state index is 0.834. The number of halogens is 1. The van der Waals surface area contributed by atoms with Gasteiger partial charge in [-0.15, -0.1) is 0 Å². The lowest BCUT2D eigenvalue weighted by Gasteiger charge is -2.38. The van der Waals surface area contributed by atoms with Crippen molar-refractivity contribution in [3.8, 4) is 0 Å². The van der Waals surface area contributed by atoms with E-state index < -0.39 is 0 Å². The number of piperazine rings is 1. The second-order valence-corrected chi connectivity index (χ2v) is 8.42. The van der Waals surface area contributed by atoms with E-state index in [9.17, 15) is 0 Å². The summed E-state index contributed by atoms with van der Waals surface area (Å²) in [6.45, 7) is 13.8. The largest absolute Gasteiger partial charge is 0.367 e. The van der Waals surface area contributed by atoms with Gasteiger partial charge in [-0.25, -0.2) is 0 Å². The number of anilines is 1. The second kappa shape index (κ2) is 11.6. The lowest BCUT2D eigenvalue weighted by molar-refractivity contribution is 0.274. The highest BCUT2D eigenvalue weighted by atomic mass is 35.5. The van der Waals surface area contributed by atoms with Crippen molar-refractivity contribution in [2.24, 2.45) is 4.99 Å².